The number of carbonyl (C=O) groups is 3. The van der Waals surface area contributed by atoms with E-state index in [1.54, 1.807) is 23.2 Å². The van der Waals surface area contributed by atoms with Crippen molar-refractivity contribution in [3.8, 4) is 0 Å². The minimum atomic E-state index is -0.280. The molecule has 3 rings (SSSR count). The normalized spacial score (nSPS) is 17.0. The summed E-state index contributed by atoms with van der Waals surface area (Å²) in [5, 5.41) is 2.82. The van der Waals surface area contributed by atoms with E-state index in [9.17, 15) is 14.4 Å². The van der Waals surface area contributed by atoms with E-state index in [1.807, 2.05) is 13.0 Å². The number of H-pyrrole nitrogens is 1. The van der Waals surface area contributed by atoms with Crippen LogP contribution in [0.2, 0.25) is 0 Å². The zero-order valence-corrected chi connectivity index (χ0v) is 14.9. The third-order valence-electron chi connectivity index (χ3n) is 4.56. The second-order valence-corrected chi connectivity index (χ2v) is 6.66. The molecule has 0 aromatic carbocycles. The molecule has 1 fully saturated rings. The van der Waals surface area contributed by atoms with Crippen LogP contribution in [0.5, 0.6) is 0 Å². The summed E-state index contributed by atoms with van der Waals surface area (Å²) in [5.74, 6) is -0.183. The highest BCUT2D eigenvalue weighted by Gasteiger charge is 2.29. The Labute approximate surface area is 151 Å². The van der Waals surface area contributed by atoms with Crippen molar-refractivity contribution in [3.63, 3.8) is 0 Å². The highest BCUT2D eigenvalue weighted by Crippen LogP contribution is 2.20. The summed E-state index contributed by atoms with van der Waals surface area (Å²) in [5.41, 5.74) is 1.87. The number of hydrogen-bond acceptors (Lipinski definition) is 4. The fraction of sp³-hybridized carbons (Fsp3) is 0.368. The second kappa shape index (κ2) is 7.51. The van der Waals surface area contributed by atoms with Gasteiger partial charge in [0.1, 0.15) is 11.5 Å². The van der Waals surface area contributed by atoms with Crippen molar-refractivity contribution in [2.24, 2.45) is 5.92 Å². The van der Waals surface area contributed by atoms with E-state index < -0.39 is 0 Å². The van der Waals surface area contributed by atoms with E-state index in [0.29, 0.717) is 30.2 Å². The maximum absolute atomic E-state index is 12.6. The number of hydrogen-bond donors (Lipinski definition) is 2. The summed E-state index contributed by atoms with van der Waals surface area (Å²) < 4.78 is 0. The molecular weight excluding hydrogens is 332 g/mol. The van der Waals surface area contributed by atoms with Crippen LogP contribution in [-0.4, -0.2) is 45.6 Å². The van der Waals surface area contributed by atoms with Crippen molar-refractivity contribution in [2.45, 2.75) is 26.7 Å². The van der Waals surface area contributed by atoms with Gasteiger partial charge in [-0.15, -0.1) is 0 Å². The van der Waals surface area contributed by atoms with Gasteiger partial charge in [0.2, 0.25) is 5.91 Å². The van der Waals surface area contributed by atoms with Crippen LogP contribution in [-0.2, 0) is 4.79 Å². The van der Waals surface area contributed by atoms with Crippen LogP contribution in [0.3, 0.4) is 0 Å². The van der Waals surface area contributed by atoms with Gasteiger partial charge in [-0.2, -0.15) is 0 Å². The van der Waals surface area contributed by atoms with Crippen molar-refractivity contribution in [3.05, 3.63) is 47.4 Å². The minimum Gasteiger partial charge on any atom is -0.356 e. The monoisotopic (exact) mass is 354 g/mol. The quantitative estimate of drug-likeness (QED) is 0.824. The maximum Gasteiger partial charge on any atom is 0.270 e. The molecule has 2 aromatic heterocycles. The fourth-order valence-electron chi connectivity index (χ4n) is 3.04. The summed E-state index contributed by atoms with van der Waals surface area (Å²) in [6.45, 7) is 4.34. The van der Waals surface area contributed by atoms with E-state index in [-0.39, 0.29) is 23.5 Å². The largest absolute Gasteiger partial charge is 0.356 e. The van der Waals surface area contributed by atoms with E-state index in [1.165, 1.54) is 13.1 Å². The number of amides is 2. The van der Waals surface area contributed by atoms with Gasteiger partial charge < -0.3 is 15.2 Å². The number of nitrogens with zero attached hydrogens (tertiary/aromatic N) is 2. The molecule has 2 N–H and O–H groups in total. The average molecular weight is 354 g/mol. The molecule has 2 aromatic rings. The predicted molar refractivity (Wildman–Crippen MR) is 97.0 cm³/mol. The fourth-order valence-corrected chi connectivity index (χ4v) is 3.04. The number of aromatic amines is 1. The Kier molecular flexibility index (Phi) is 5.16. The van der Waals surface area contributed by atoms with Gasteiger partial charge in [-0.1, -0.05) is 6.07 Å². The van der Waals surface area contributed by atoms with Crippen LogP contribution in [0, 0.1) is 12.8 Å². The van der Waals surface area contributed by atoms with Gasteiger partial charge in [-0.05, 0) is 44.4 Å². The summed E-state index contributed by atoms with van der Waals surface area (Å²) in [6.07, 6.45) is 4.72. The number of aryl methyl sites for hydroxylation is 1. The lowest BCUT2D eigenvalue weighted by atomic mass is 9.97. The smallest absolute Gasteiger partial charge is 0.270 e. The molecule has 3 heterocycles. The summed E-state index contributed by atoms with van der Waals surface area (Å²) in [7, 11) is 0. The van der Waals surface area contributed by atoms with Crippen LogP contribution in [0.15, 0.2) is 30.6 Å². The Hall–Kier alpha value is -2.96. The summed E-state index contributed by atoms with van der Waals surface area (Å²) in [4.78, 5) is 45.2. The molecule has 1 atom stereocenters. The highest BCUT2D eigenvalue weighted by atomic mass is 16.2. The third kappa shape index (κ3) is 3.99. The average Bonchev–Trinajstić information content (AvgIpc) is 3.13. The van der Waals surface area contributed by atoms with Gasteiger partial charge in [0, 0.05) is 31.0 Å². The number of piperidine rings is 1. The molecule has 1 saturated heterocycles. The first kappa shape index (κ1) is 17.8. The number of nitrogens with one attached hydrogen (secondary N) is 2. The van der Waals surface area contributed by atoms with Crippen molar-refractivity contribution < 1.29 is 14.4 Å². The molecule has 1 aliphatic rings. The topological polar surface area (TPSA) is 95.2 Å². The molecule has 7 heteroatoms. The SMILES string of the molecule is CC(=O)c1c[nH]c(C(=O)N2CCCC(C(=O)Nc3ccc(C)cn3)C2)c1. The predicted octanol–water partition coefficient (Wildman–Crippen LogP) is 2.41. The van der Waals surface area contributed by atoms with Crippen LogP contribution in [0.25, 0.3) is 0 Å². The Bertz CT molecular complexity index is 826. The van der Waals surface area contributed by atoms with Gasteiger partial charge in [-0.25, -0.2) is 4.98 Å². The van der Waals surface area contributed by atoms with E-state index in [4.69, 9.17) is 0 Å². The van der Waals surface area contributed by atoms with Crippen LogP contribution in [0.1, 0.15) is 46.2 Å². The van der Waals surface area contributed by atoms with Crippen LogP contribution < -0.4 is 5.32 Å². The Balaban J connectivity index is 1.64. The lowest BCUT2D eigenvalue weighted by Crippen LogP contribution is -2.44. The number of Topliss-reactive ketones (excluding diaryl/α,β-unsaturated/α-hetero) is 1. The lowest BCUT2D eigenvalue weighted by Gasteiger charge is -2.31. The van der Waals surface area contributed by atoms with Gasteiger partial charge in [-0.3, -0.25) is 14.4 Å². The standard InChI is InChI=1S/C19H22N4O3/c1-12-5-6-17(21-9-12)22-18(25)14-4-3-7-23(11-14)19(26)16-8-15(10-20-16)13(2)24/h5-6,8-10,14,20H,3-4,7,11H2,1-2H3,(H,21,22,25). The molecule has 2 amide bonds. The first-order valence-corrected chi connectivity index (χ1v) is 8.66. The Morgan fingerprint density at radius 3 is 2.77 bits per heavy atom. The van der Waals surface area contributed by atoms with Gasteiger partial charge in [0.05, 0.1) is 5.92 Å². The third-order valence-corrected chi connectivity index (χ3v) is 4.56. The molecule has 0 saturated carbocycles. The Morgan fingerprint density at radius 1 is 1.31 bits per heavy atom. The zero-order chi connectivity index (χ0) is 18.7. The van der Waals surface area contributed by atoms with Crippen molar-refractivity contribution in [2.75, 3.05) is 18.4 Å². The number of carbonyl (C=O) groups excluding carboxylic acids is 3. The van der Waals surface area contributed by atoms with Crippen molar-refractivity contribution in [1.82, 2.24) is 14.9 Å². The molecule has 7 nitrogen and oxygen atoms in total. The minimum absolute atomic E-state index is 0.0956. The number of pyridine rings is 1. The number of likely N-dealkylation sites (tertiary alicyclic amines) is 1. The molecule has 26 heavy (non-hydrogen) atoms. The molecule has 0 radical (unpaired) electrons. The number of aromatic nitrogens is 2. The first-order chi connectivity index (χ1) is 12.4. The molecule has 0 bridgehead atoms. The van der Waals surface area contributed by atoms with Gasteiger partial charge >= 0.3 is 0 Å². The molecular formula is C19H22N4O3. The number of rotatable bonds is 4. The van der Waals surface area contributed by atoms with Crippen LogP contribution >= 0.6 is 0 Å². The molecule has 1 unspecified atom stereocenters. The number of anilines is 1. The van der Waals surface area contributed by atoms with Gasteiger partial charge in [0.25, 0.3) is 5.91 Å². The van der Waals surface area contributed by atoms with Crippen LogP contribution in [0.4, 0.5) is 5.82 Å². The summed E-state index contributed by atoms with van der Waals surface area (Å²) in [6, 6.07) is 5.21. The first-order valence-electron chi connectivity index (χ1n) is 8.66. The van der Waals surface area contributed by atoms with Crippen molar-refractivity contribution in [1.29, 1.82) is 0 Å². The molecule has 0 aliphatic carbocycles. The molecule has 0 spiro atoms. The van der Waals surface area contributed by atoms with E-state index in [0.717, 1.165) is 18.4 Å². The second-order valence-electron chi connectivity index (χ2n) is 6.66. The van der Waals surface area contributed by atoms with Gasteiger partial charge in [0.15, 0.2) is 5.78 Å². The van der Waals surface area contributed by atoms with E-state index in [2.05, 4.69) is 15.3 Å². The lowest BCUT2D eigenvalue weighted by molar-refractivity contribution is -0.121. The Morgan fingerprint density at radius 2 is 2.12 bits per heavy atom. The maximum atomic E-state index is 12.6. The highest BCUT2D eigenvalue weighted by molar-refractivity contribution is 5.99. The summed E-state index contributed by atoms with van der Waals surface area (Å²) >= 11 is 0. The number of ketones is 1. The van der Waals surface area contributed by atoms with Crippen molar-refractivity contribution >= 4 is 23.4 Å². The molecule has 1 aliphatic heterocycles. The van der Waals surface area contributed by atoms with E-state index >= 15 is 0 Å². The zero-order valence-electron chi connectivity index (χ0n) is 14.9. The molecule has 136 valence electrons.